The average molecular weight is 398 g/mol. The minimum absolute atomic E-state index is 0.0448. The first-order valence-corrected chi connectivity index (χ1v) is 9.58. The van der Waals surface area contributed by atoms with E-state index in [9.17, 15) is 14.4 Å². The van der Waals surface area contributed by atoms with Gasteiger partial charge >= 0.3 is 5.97 Å². The first-order valence-electron chi connectivity index (χ1n) is 8.76. The van der Waals surface area contributed by atoms with Gasteiger partial charge in [-0.2, -0.15) is 0 Å². The van der Waals surface area contributed by atoms with E-state index in [1.807, 2.05) is 24.3 Å². The lowest BCUT2D eigenvalue weighted by atomic mass is 10.1. The minimum Gasteiger partial charge on any atom is -0.482 e. The fraction of sp³-hybridized carbons (Fsp3) is 0.250. The number of rotatable bonds is 5. The third-order valence-electron chi connectivity index (χ3n) is 4.90. The van der Waals surface area contributed by atoms with Gasteiger partial charge in [0.05, 0.1) is 5.69 Å². The second kappa shape index (κ2) is 6.87. The molecule has 1 fully saturated rings. The zero-order valence-corrected chi connectivity index (χ0v) is 15.9. The molecule has 0 saturated carbocycles. The Morgan fingerprint density at radius 1 is 1.21 bits per heavy atom. The molecule has 0 aliphatic carbocycles. The molecule has 2 aromatic carbocycles. The number of amides is 2. The molecule has 0 spiro atoms. The number of carboxylic acid groups (broad SMARTS) is 1. The van der Waals surface area contributed by atoms with Gasteiger partial charge in [0.25, 0.3) is 5.91 Å². The van der Waals surface area contributed by atoms with Crippen molar-refractivity contribution in [1.29, 1.82) is 0 Å². The van der Waals surface area contributed by atoms with Crippen LogP contribution in [0.15, 0.2) is 53.4 Å². The van der Waals surface area contributed by atoms with Gasteiger partial charge in [-0.25, -0.2) is 4.79 Å². The van der Waals surface area contributed by atoms with Crippen molar-refractivity contribution in [3.8, 4) is 5.75 Å². The van der Waals surface area contributed by atoms with Gasteiger partial charge < -0.3 is 14.7 Å². The molecular formula is C20H18N2O5S. The van der Waals surface area contributed by atoms with Gasteiger partial charge in [0, 0.05) is 24.1 Å². The number of aliphatic carboxylic acids is 1. The van der Waals surface area contributed by atoms with Crippen molar-refractivity contribution < 1.29 is 24.2 Å². The third kappa shape index (κ3) is 2.90. The number of hydrogen-bond acceptors (Lipinski definition) is 5. The quantitative estimate of drug-likeness (QED) is 0.833. The highest BCUT2D eigenvalue weighted by molar-refractivity contribution is 8.02. The summed E-state index contributed by atoms with van der Waals surface area (Å²) < 4.78 is 5.13. The molecular weight excluding hydrogens is 380 g/mol. The van der Waals surface area contributed by atoms with E-state index >= 15 is 0 Å². The number of para-hydroxylation sites is 1. The van der Waals surface area contributed by atoms with Crippen LogP contribution in [-0.4, -0.2) is 41.4 Å². The highest BCUT2D eigenvalue weighted by Crippen LogP contribution is 2.56. The van der Waals surface area contributed by atoms with Crippen LogP contribution in [0.25, 0.3) is 0 Å². The number of carbonyl (C=O) groups excluding carboxylic acids is 2. The lowest BCUT2D eigenvalue weighted by molar-refractivity contribution is -0.139. The number of benzene rings is 2. The van der Waals surface area contributed by atoms with Gasteiger partial charge in [-0.1, -0.05) is 23.9 Å². The monoisotopic (exact) mass is 398 g/mol. The van der Waals surface area contributed by atoms with Crippen molar-refractivity contribution in [3.63, 3.8) is 0 Å². The molecule has 8 heteroatoms. The van der Waals surface area contributed by atoms with Gasteiger partial charge in [0.15, 0.2) is 11.5 Å². The molecule has 1 N–H and O–H groups in total. The Labute approximate surface area is 165 Å². The summed E-state index contributed by atoms with van der Waals surface area (Å²) in [5, 5.41) is 8.68. The predicted molar refractivity (Wildman–Crippen MR) is 105 cm³/mol. The van der Waals surface area contributed by atoms with Crippen molar-refractivity contribution in [2.45, 2.75) is 22.6 Å². The second-order valence-corrected chi connectivity index (χ2v) is 7.94. The predicted octanol–water partition coefficient (Wildman–Crippen LogP) is 2.74. The fourth-order valence-electron chi connectivity index (χ4n) is 3.57. The smallest absolute Gasteiger partial charge is 0.341 e. The molecule has 0 radical (unpaired) electrons. The number of thioether (sulfide) groups is 1. The van der Waals surface area contributed by atoms with E-state index < -0.39 is 17.4 Å². The van der Waals surface area contributed by atoms with E-state index in [1.54, 1.807) is 36.2 Å². The Morgan fingerprint density at radius 2 is 1.93 bits per heavy atom. The molecule has 4 rings (SSSR count). The van der Waals surface area contributed by atoms with Crippen LogP contribution >= 0.6 is 11.8 Å². The third-order valence-corrected chi connectivity index (χ3v) is 6.36. The largest absolute Gasteiger partial charge is 0.482 e. The molecule has 1 atom stereocenters. The van der Waals surface area contributed by atoms with Crippen molar-refractivity contribution >= 4 is 40.9 Å². The number of nitrogens with zero attached hydrogens (tertiary/aromatic N) is 2. The Hall–Kier alpha value is -3.00. The molecule has 7 nitrogen and oxygen atoms in total. The van der Waals surface area contributed by atoms with E-state index in [0.717, 1.165) is 10.6 Å². The summed E-state index contributed by atoms with van der Waals surface area (Å²) in [4.78, 5) is 39.7. The number of hydrogen-bond donors (Lipinski definition) is 1. The summed E-state index contributed by atoms with van der Waals surface area (Å²) in [5.74, 6) is -0.861. The molecule has 2 heterocycles. The molecule has 2 amide bonds. The van der Waals surface area contributed by atoms with E-state index in [0.29, 0.717) is 24.3 Å². The summed E-state index contributed by atoms with van der Waals surface area (Å²) >= 11 is 1.43. The molecule has 2 aliphatic heterocycles. The van der Waals surface area contributed by atoms with Crippen LogP contribution in [0.5, 0.6) is 5.75 Å². The summed E-state index contributed by atoms with van der Waals surface area (Å²) in [6.45, 7) is -0.427. The van der Waals surface area contributed by atoms with Gasteiger partial charge in [0.2, 0.25) is 5.91 Å². The van der Waals surface area contributed by atoms with Crippen molar-refractivity contribution in [2.75, 3.05) is 23.5 Å². The Morgan fingerprint density at radius 3 is 2.64 bits per heavy atom. The van der Waals surface area contributed by atoms with E-state index in [-0.39, 0.29) is 11.8 Å². The maximum atomic E-state index is 13.5. The van der Waals surface area contributed by atoms with Gasteiger partial charge in [0.1, 0.15) is 5.75 Å². The SMILES string of the molecule is CN(C(=O)C12CCC(=O)N1c1ccccc1S2)c1ccc(OCC(=O)O)cc1. The topological polar surface area (TPSA) is 87.2 Å². The average Bonchev–Trinajstić information content (AvgIpc) is 3.21. The van der Waals surface area contributed by atoms with Gasteiger partial charge in [-0.15, -0.1) is 0 Å². The van der Waals surface area contributed by atoms with Gasteiger partial charge in [-0.05, 0) is 42.8 Å². The number of carboxylic acids is 1. The standard InChI is InChI=1S/C20H18N2O5S/c1-21(13-6-8-14(9-7-13)27-12-18(24)25)19(26)20-11-10-17(23)22(20)15-4-2-3-5-16(15)28-20/h2-9H,10-12H2,1H3,(H,24,25). The van der Waals surface area contributed by atoms with Crippen molar-refractivity contribution in [2.24, 2.45) is 0 Å². The van der Waals surface area contributed by atoms with E-state index in [1.165, 1.54) is 16.7 Å². The van der Waals surface area contributed by atoms with Crippen LogP contribution in [0, 0.1) is 0 Å². The normalized spacial score (nSPS) is 19.9. The fourth-order valence-corrected chi connectivity index (χ4v) is 5.07. The lowest BCUT2D eigenvalue weighted by Gasteiger charge is -2.33. The lowest BCUT2D eigenvalue weighted by Crippen LogP contribution is -2.53. The summed E-state index contributed by atoms with van der Waals surface area (Å²) in [6.07, 6.45) is 0.789. The van der Waals surface area contributed by atoms with E-state index in [4.69, 9.17) is 9.84 Å². The zero-order valence-electron chi connectivity index (χ0n) is 15.1. The zero-order chi connectivity index (χ0) is 19.9. The molecule has 28 heavy (non-hydrogen) atoms. The summed E-state index contributed by atoms with van der Waals surface area (Å²) in [5.41, 5.74) is 1.42. The Balaban J connectivity index is 1.59. The maximum Gasteiger partial charge on any atom is 0.341 e. The Kier molecular flexibility index (Phi) is 4.50. The van der Waals surface area contributed by atoms with Crippen molar-refractivity contribution in [3.05, 3.63) is 48.5 Å². The number of likely N-dealkylation sites (N-methyl/N-ethyl adjacent to an activating group) is 1. The summed E-state index contributed by atoms with van der Waals surface area (Å²) in [6, 6.07) is 14.2. The number of anilines is 2. The second-order valence-electron chi connectivity index (χ2n) is 6.62. The number of carbonyl (C=O) groups is 3. The highest BCUT2D eigenvalue weighted by atomic mass is 32.2. The maximum absolute atomic E-state index is 13.5. The first kappa shape index (κ1) is 18.4. The van der Waals surface area contributed by atoms with Crippen LogP contribution in [0.4, 0.5) is 11.4 Å². The van der Waals surface area contributed by atoms with E-state index in [2.05, 4.69) is 0 Å². The first-order chi connectivity index (χ1) is 13.4. The summed E-state index contributed by atoms with van der Waals surface area (Å²) in [7, 11) is 1.68. The Bertz CT molecular complexity index is 961. The van der Waals surface area contributed by atoms with Crippen LogP contribution < -0.4 is 14.5 Å². The molecule has 1 unspecified atom stereocenters. The van der Waals surface area contributed by atoms with Crippen LogP contribution in [0.3, 0.4) is 0 Å². The molecule has 0 aromatic heterocycles. The molecule has 0 bridgehead atoms. The number of fused-ring (bicyclic) bond motifs is 3. The van der Waals surface area contributed by atoms with Crippen LogP contribution in [0.1, 0.15) is 12.8 Å². The molecule has 144 valence electrons. The number of ether oxygens (including phenoxy) is 1. The molecule has 2 aliphatic rings. The molecule has 2 aromatic rings. The van der Waals surface area contributed by atoms with Crippen molar-refractivity contribution in [1.82, 2.24) is 0 Å². The van der Waals surface area contributed by atoms with Crippen LogP contribution in [0.2, 0.25) is 0 Å². The van der Waals surface area contributed by atoms with Gasteiger partial charge in [-0.3, -0.25) is 14.5 Å². The molecule has 1 saturated heterocycles. The highest BCUT2D eigenvalue weighted by Gasteiger charge is 2.58. The minimum atomic E-state index is -1.06. The van der Waals surface area contributed by atoms with Crippen LogP contribution in [-0.2, 0) is 14.4 Å².